The van der Waals surface area contributed by atoms with Crippen LogP contribution in [0.2, 0.25) is 0 Å². The third-order valence-corrected chi connectivity index (χ3v) is 4.30. The number of rotatable bonds is 7. The number of carbonyl (C=O) groups is 1. The van der Waals surface area contributed by atoms with Crippen molar-refractivity contribution in [2.45, 2.75) is 20.3 Å². The summed E-state index contributed by atoms with van der Waals surface area (Å²) in [5, 5.41) is 0.759. The van der Waals surface area contributed by atoms with Gasteiger partial charge in [-0.2, -0.15) is 0 Å². The molecule has 1 amide bonds. The van der Waals surface area contributed by atoms with E-state index in [0.29, 0.717) is 13.2 Å². The van der Waals surface area contributed by atoms with Crippen LogP contribution in [-0.4, -0.2) is 49.6 Å². The summed E-state index contributed by atoms with van der Waals surface area (Å²) in [5.74, 6) is 0.870. The molecule has 0 aliphatic heterocycles. The van der Waals surface area contributed by atoms with Gasteiger partial charge in [-0.05, 0) is 52.2 Å². The zero-order valence-corrected chi connectivity index (χ0v) is 15.7. The lowest BCUT2D eigenvalue weighted by molar-refractivity contribution is -0.116. The van der Waals surface area contributed by atoms with Crippen LogP contribution in [0.5, 0.6) is 5.75 Å². The van der Waals surface area contributed by atoms with E-state index in [2.05, 4.69) is 9.88 Å². The molecule has 2 aromatic rings. The van der Waals surface area contributed by atoms with Gasteiger partial charge in [-0.15, -0.1) is 12.4 Å². The van der Waals surface area contributed by atoms with Gasteiger partial charge in [0.1, 0.15) is 5.75 Å². The SMILES string of the molecule is CCOc1ccc2nc(N(CCCN(C)C)C(C)=O)sc2c1.Cl. The van der Waals surface area contributed by atoms with Gasteiger partial charge < -0.3 is 9.64 Å². The van der Waals surface area contributed by atoms with Crippen molar-refractivity contribution in [1.82, 2.24) is 9.88 Å². The third-order valence-electron chi connectivity index (χ3n) is 3.26. The molecule has 23 heavy (non-hydrogen) atoms. The number of ether oxygens (including phenoxy) is 1. The summed E-state index contributed by atoms with van der Waals surface area (Å²) in [6, 6.07) is 5.84. The highest BCUT2D eigenvalue weighted by atomic mass is 35.5. The van der Waals surface area contributed by atoms with E-state index in [1.807, 2.05) is 39.2 Å². The molecule has 7 heteroatoms. The van der Waals surface area contributed by atoms with Crippen molar-refractivity contribution >= 4 is 45.0 Å². The number of halogens is 1. The van der Waals surface area contributed by atoms with Crippen molar-refractivity contribution in [2.24, 2.45) is 0 Å². The van der Waals surface area contributed by atoms with E-state index in [0.717, 1.165) is 34.1 Å². The molecule has 0 unspecified atom stereocenters. The predicted octanol–water partition coefficient (Wildman–Crippen LogP) is 3.42. The van der Waals surface area contributed by atoms with Gasteiger partial charge in [-0.25, -0.2) is 4.98 Å². The number of anilines is 1. The molecule has 1 heterocycles. The van der Waals surface area contributed by atoms with Crippen molar-refractivity contribution in [3.63, 3.8) is 0 Å². The highest BCUT2D eigenvalue weighted by molar-refractivity contribution is 7.22. The van der Waals surface area contributed by atoms with Gasteiger partial charge in [0.15, 0.2) is 5.13 Å². The van der Waals surface area contributed by atoms with Gasteiger partial charge in [-0.3, -0.25) is 9.69 Å². The van der Waals surface area contributed by atoms with Gasteiger partial charge in [0.05, 0.1) is 16.8 Å². The second kappa shape index (κ2) is 9.05. The van der Waals surface area contributed by atoms with Crippen LogP contribution < -0.4 is 9.64 Å². The number of aromatic nitrogens is 1. The van der Waals surface area contributed by atoms with Crippen LogP contribution in [0.3, 0.4) is 0 Å². The topological polar surface area (TPSA) is 45.7 Å². The van der Waals surface area contributed by atoms with Crippen molar-refractivity contribution in [1.29, 1.82) is 0 Å². The van der Waals surface area contributed by atoms with Gasteiger partial charge >= 0.3 is 0 Å². The molecule has 1 aromatic heterocycles. The summed E-state index contributed by atoms with van der Waals surface area (Å²) < 4.78 is 6.56. The van der Waals surface area contributed by atoms with Crippen LogP contribution in [0.25, 0.3) is 10.2 Å². The van der Waals surface area contributed by atoms with E-state index >= 15 is 0 Å². The number of amides is 1. The molecule has 0 N–H and O–H groups in total. The van der Waals surface area contributed by atoms with Crippen molar-refractivity contribution in [3.05, 3.63) is 18.2 Å². The van der Waals surface area contributed by atoms with Crippen molar-refractivity contribution in [2.75, 3.05) is 38.7 Å². The van der Waals surface area contributed by atoms with Gasteiger partial charge in [0, 0.05) is 13.5 Å². The Labute approximate surface area is 147 Å². The number of hydrogen-bond donors (Lipinski definition) is 0. The maximum atomic E-state index is 11.9. The van der Waals surface area contributed by atoms with E-state index < -0.39 is 0 Å². The molecule has 0 atom stereocenters. The monoisotopic (exact) mass is 357 g/mol. The smallest absolute Gasteiger partial charge is 0.225 e. The minimum absolute atomic E-state index is 0. The lowest BCUT2D eigenvalue weighted by Crippen LogP contribution is -2.31. The highest BCUT2D eigenvalue weighted by Gasteiger charge is 2.16. The van der Waals surface area contributed by atoms with E-state index in [4.69, 9.17) is 4.74 Å². The summed E-state index contributed by atoms with van der Waals surface area (Å²) >= 11 is 1.53. The molecule has 0 saturated carbocycles. The maximum Gasteiger partial charge on any atom is 0.225 e. The van der Waals surface area contributed by atoms with Crippen LogP contribution in [0.15, 0.2) is 18.2 Å². The molecule has 0 saturated heterocycles. The molecular weight excluding hydrogens is 334 g/mol. The Morgan fingerprint density at radius 1 is 1.30 bits per heavy atom. The second-order valence-electron chi connectivity index (χ2n) is 5.39. The van der Waals surface area contributed by atoms with Crippen LogP contribution in [0, 0.1) is 0 Å². The minimum Gasteiger partial charge on any atom is -0.494 e. The van der Waals surface area contributed by atoms with E-state index in [9.17, 15) is 4.79 Å². The molecule has 0 aliphatic carbocycles. The Kier molecular flexibility index (Phi) is 7.75. The molecule has 5 nitrogen and oxygen atoms in total. The molecule has 0 fully saturated rings. The summed E-state index contributed by atoms with van der Waals surface area (Å²) in [6.45, 7) is 5.83. The lowest BCUT2D eigenvalue weighted by Gasteiger charge is -2.19. The first-order valence-corrected chi connectivity index (χ1v) is 8.29. The van der Waals surface area contributed by atoms with Crippen molar-refractivity contribution in [3.8, 4) is 5.75 Å². The van der Waals surface area contributed by atoms with Crippen LogP contribution >= 0.6 is 23.7 Å². The molecule has 0 radical (unpaired) electrons. The van der Waals surface area contributed by atoms with E-state index in [1.165, 1.54) is 11.3 Å². The summed E-state index contributed by atoms with van der Waals surface area (Å²) in [5.41, 5.74) is 0.905. The largest absolute Gasteiger partial charge is 0.494 e. The Hall–Kier alpha value is -1.37. The summed E-state index contributed by atoms with van der Waals surface area (Å²) in [4.78, 5) is 20.4. The Morgan fingerprint density at radius 2 is 2.04 bits per heavy atom. The number of thiazole rings is 1. The fourth-order valence-corrected chi connectivity index (χ4v) is 3.26. The molecule has 1 aromatic carbocycles. The first-order chi connectivity index (χ1) is 10.5. The first-order valence-electron chi connectivity index (χ1n) is 7.47. The predicted molar refractivity (Wildman–Crippen MR) is 99.2 cm³/mol. The number of fused-ring (bicyclic) bond motifs is 1. The van der Waals surface area contributed by atoms with Gasteiger partial charge in [-0.1, -0.05) is 11.3 Å². The number of carbonyl (C=O) groups excluding carboxylic acids is 1. The van der Waals surface area contributed by atoms with Crippen LogP contribution in [0.4, 0.5) is 5.13 Å². The average molecular weight is 358 g/mol. The number of hydrogen-bond acceptors (Lipinski definition) is 5. The second-order valence-corrected chi connectivity index (χ2v) is 6.40. The van der Waals surface area contributed by atoms with Gasteiger partial charge in [0.25, 0.3) is 0 Å². The molecule has 0 aliphatic rings. The zero-order valence-electron chi connectivity index (χ0n) is 14.0. The Bertz CT molecular complexity index is 645. The molecule has 0 bridgehead atoms. The standard InChI is InChI=1S/C16H23N3O2S.ClH/c1-5-21-13-7-8-14-15(11-13)22-16(17-14)19(12(2)20)10-6-9-18(3)4;/h7-8,11H,5-6,9-10H2,1-4H3;1H. The van der Waals surface area contributed by atoms with Crippen LogP contribution in [-0.2, 0) is 4.79 Å². The van der Waals surface area contributed by atoms with Gasteiger partial charge in [0.2, 0.25) is 5.91 Å². The fourth-order valence-electron chi connectivity index (χ4n) is 2.20. The molecule has 2 rings (SSSR count). The average Bonchev–Trinajstić information content (AvgIpc) is 2.85. The molecule has 0 spiro atoms. The van der Waals surface area contributed by atoms with E-state index in [-0.39, 0.29) is 18.3 Å². The molecular formula is C16H24ClN3O2S. The number of nitrogens with zero attached hydrogens (tertiary/aromatic N) is 3. The quantitative estimate of drug-likeness (QED) is 0.761. The Morgan fingerprint density at radius 3 is 2.65 bits per heavy atom. The highest BCUT2D eigenvalue weighted by Crippen LogP contribution is 2.31. The lowest BCUT2D eigenvalue weighted by atomic mass is 10.3. The van der Waals surface area contributed by atoms with Crippen LogP contribution in [0.1, 0.15) is 20.3 Å². The third kappa shape index (κ3) is 5.34. The van der Waals surface area contributed by atoms with Crippen molar-refractivity contribution < 1.29 is 9.53 Å². The maximum absolute atomic E-state index is 11.9. The fraction of sp³-hybridized carbons (Fsp3) is 0.500. The normalized spacial score (nSPS) is 10.7. The zero-order chi connectivity index (χ0) is 16.1. The molecule has 128 valence electrons. The summed E-state index contributed by atoms with van der Waals surface area (Å²) in [7, 11) is 4.07. The number of benzene rings is 1. The Balaban J connectivity index is 0.00000264. The minimum atomic E-state index is 0. The summed E-state index contributed by atoms with van der Waals surface area (Å²) in [6.07, 6.45) is 0.923. The van der Waals surface area contributed by atoms with E-state index in [1.54, 1.807) is 11.8 Å². The first kappa shape index (κ1) is 19.7.